The molecule has 1 N–H and O–H groups in total. The maximum absolute atomic E-state index is 13.3. The van der Waals surface area contributed by atoms with Crippen LogP contribution < -0.4 is 10.2 Å². The van der Waals surface area contributed by atoms with E-state index in [2.05, 4.69) is 10.3 Å². The van der Waals surface area contributed by atoms with Crippen molar-refractivity contribution in [3.05, 3.63) is 83.0 Å². The molecular formula is C25H20ClF3N4O3S. The van der Waals surface area contributed by atoms with E-state index in [1.54, 1.807) is 50.2 Å². The van der Waals surface area contributed by atoms with Crippen LogP contribution in [-0.4, -0.2) is 38.8 Å². The second-order valence-corrected chi connectivity index (χ2v) is 10.2. The Morgan fingerprint density at radius 3 is 2.32 bits per heavy atom. The number of alkyl halides is 3. The fourth-order valence-corrected chi connectivity index (χ4v) is 4.40. The average Bonchev–Trinajstić information content (AvgIpc) is 2.99. The molecule has 1 aliphatic rings. The van der Waals surface area contributed by atoms with Crippen molar-refractivity contribution in [1.29, 1.82) is 0 Å². The third-order valence-corrected chi connectivity index (χ3v) is 6.66. The lowest BCUT2D eigenvalue weighted by atomic mass is 10.0. The maximum Gasteiger partial charge on any atom is 0.446 e. The van der Waals surface area contributed by atoms with Crippen LogP contribution in [-0.2, 0) is 11.3 Å². The number of nitrogens with one attached hydrogen (secondary N) is 1. The minimum atomic E-state index is -4.45. The van der Waals surface area contributed by atoms with Gasteiger partial charge in [-0.2, -0.15) is 13.2 Å². The van der Waals surface area contributed by atoms with Gasteiger partial charge in [-0.05, 0) is 91.8 Å². The van der Waals surface area contributed by atoms with Crippen LogP contribution >= 0.6 is 23.4 Å². The van der Waals surface area contributed by atoms with Crippen molar-refractivity contribution in [2.45, 2.75) is 36.3 Å². The molecule has 0 radical (unpaired) electrons. The van der Waals surface area contributed by atoms with E-state index in [-0.39, 0.29) is 34.7 Å². The Bertz CT molecular complexity index is 1350. The fourth-order valence-electron chi connectivity index (χ4n) is 3.74. The Kier molecular flexibility index (Phi) is 7.20. The number of rotatable bonds is 6. The predicted octanol–water partition coefficient (Wildman–Crippen LogP) is 6.35. The molecule has 0 unspecified atom stereocenters. The van der Waals surface area contributed by atoms with E-state index in [1.165, 1.54) is 35.4 Å². The number of imide groups is 1. The SMILES string of the molecule is CC1(C)C(=O)N(c2ccc(SC(F)(F)F)cc2)C(=O)N1Cc1ccnc(NC(=O)c2ccc(Cl)cc2)c1. The number of carbonyl (C=O) groups is 3. The van der Waals surface area contributed by atoms with Gasteiger partial charge in [-0.25, -0.2) is 14.7 Å². The van der Waals surface area contributed by atoms with E-state index >= 15 is 0 Å². The molecule has 1 aliphatic heterocycles. The van der Waals surface area contributed by atoms with Gasteiger partial charge in [-0.3, -0.25) is 9.59 Å². The van der Waals surface area contributed by atoms with E-state index < -0.39 is 28.9 Å². The number of nitrogens with zero attached hydrogens (tertiary/aromatic N) is 3. The zero-order valence-corrected chi connectivity index (χ0v) is 21.1. The molecule has 7 nitrogen and oxygen atoms in total. The largest absolute Gasteiger partial charge is 0.446 e. The number of benzene rings is 2. The van der Waals surface area contributed by atoms with Crippen LogP contribution in [0.5, 0.6) is 0 Å². The first-order valence-corrected chi connectivity index (χ1v) is 12.1. The molecule has 0 aliphatic carbocycles. The Labute approximate surface area is 219 Å². The van der Waals surface area contributed by atoms with E-state index in [0.717, 1.165) is 4.90 Å². The van der Waals surface area contributed by atoms with Gasteiger partial charge < -0.3 is 10.2 Å². The number of anilines is 2. The topological polar surface area (TPSA) is 82.6 Å². The van der Waals surface area contributed by atoms with Gasteiger partial charge in [0.05, 0.1) is 5.69 Å². The molecule has 2 aromatic carbocycles. The number of pyridine rings is 1. The van der Waals surface area contributed by atoms with Crippen LogP contribution in [0.4, 0.5) is 29.5 Å². The second kappa shape index (κ2) is 10.1. The van der Waals surface area contributed by atoms with Crippen LogP contribution in [0.15, 0.2) is 71.8 Å². The molecule has 1 fully saturated rings. The van der Waals surface area contributed by atoms with E-state index in [0.29, 0.717) is 16.1 Å². The lowest BCUT2D eigenvalue weighted by molar-refractivity contribution is -0.123. The van der Waals surface area contributed by atoms with Gasteiger partial charge >= 0.3 is 11.5 Å². The molecule has 0 atom stereocenters. The summed E-state index contributed by atoms with van der Waals surface area (Å²) in [5.74, 6) is -0.658. The fraction of sp³-hybridized carbons (Fsp3) is 0.200. The second-order valence-electron chi connectivity index (χ2n) is 8.62. The van der Waals surface area contributed by atoms with Crippen molar-refractivity contribution in [1.82, 2.24) is 9.88 Å². The molecule has 0 bridgehead atoms. The normalized spacial score (nSPS) is 15.3. The summed E-state index contributed by atoms with van der Waals surface area (Å²) in [7, 11) is 0. The van der Waals surface area contributed by atoms with E-state index in [9.17, 15) is 27.6 Å². The highest BCUT2D eigenvalue weighted by atomic mass is 35.5. The van der Waals surface area contributed by atoms with Crippen molar-refractivity contribution < 1.29 is 27.6 Å². The highest BCUT2D eigenvalue weighted by Gasteiger charge is 2.51. The molecule has 1 saturated heterocycles. The number of amides is 4. The minimum absolute atomic E-state index is 0.0302. The molecule has 12 heteroatoms. The molecule has 192 valence electrons. The number of thioether (sulfide) groups is 1. The number of hydrogen-bond donors (Lipinski definition) is 1. The molecule has 4 amide bonds. The minimum Gasteiger partial charge on any atom is -0.307 e. The zero-order chi connectivity index (χ0) is 27.0. The Morgan fingerprint density at radius 2 is 1.70 bits per heavy atom. The van der Waals surface area contributed by atoms with Crippen LogP contribution in [0.3, 0.4) is 0 Å². The van der Waals surface area contributed by atoms with Crippen LogP contribution in [0.25, 0.3) is 0 Å². The van der Waals surface area contributed by atoms with Crippen molar-refractivity contribution in [2.24, 2.45) is 0 Å². The van der Waals surface area contributed by atoms with Gasteiger partial charge in [-0.15, -0.1) is 0 Å². The monoisotopic (exact) mass is 548 g/mol. The van der Waals surface area contributed by atoms with Crippen molar-refractivity contribution in [3.8, 4) is 0 Å². The highest BCUT2D eigenvalue weighted by molar-refractivity contribution is 8.00. The van der Waals surface area contributed by atoms with Crippen molar-refractivity contribution in [3.63, 3.8) is 0 Å². The van der Waals surface area contributed by atoms with Gasteiger partial charge in [-0.1, -0.05) is 11.6 Å². The van der Waals surface area contributed by atoms with E-state index in [1.807, 2.05) is 0 Å². The molecule has 3 aromatic rings. The summed E-state index contributed by atoms with van der Waals surface area (Å²) in [5, 5.41) is 3.18. The highest BCUT2D eigenvalue weighted by Crippen LogP contribution is 2.39. The van der Waals surface area contributed by atoms with Crippen molar-refractivity contribution >= 4 is 52.7 Å². The predicted molar refractivity (Wildman–Crippen MR) is 135 cm³/mol. The molecule has 0 spiro atoms. The van der Waals surface area contributed by atoms with Gasteiger partial charge in [0.1, 0.15) is 11.4 Å². The van der Waals surface area contributed by atoms with Gasteiger partial charge in [0, 0.05) is 28.2 Å². The molecule has 2 heterocycles. The summed E-state index contributed by atoms with van der Waals surface area (Å²) in [4.78, 5) is 45.3. The Balaban J connectivity index is 1.51. The van der Waals surface area contributed by atoms with Gasteiger partial charge in [0.25, 0.3) is 11.8 Å². The maximum atomic E-state index is 13.3. The molecule has 37 heavy (non-hydrogen) atoms. The first-order chi connectivity index (χ1) is 17.3. The van der Waals surface area contributed by atoms with Crippen LogP contribution in [0.2, 0.25) is 5.02 Å². The summed E-state index contributed by atoms with van der Waals surface area (Å²) in [5.41, 5.74) is -4.52. The lowest BCUT2D eigenvalue weighted by Crippen LogP contribution is -2.43. The number of urea groups is 1. The summed E-state index contributed by atoms with van der Waals surface area (Å²) in [6.45, 7) is 3.21. The third kappa shape index (κ3) is 5.89. The molecule has 4 rings (SSSR count). The third-order valence-electron chi connectivity index (χ3n) is 5.66. The standard InChI is InChI=1S/C25H20ClF3N4O3S/c1-24(2)22(35)33(18-7-9-19(10-8-18)37-25(27,28)29)23(36)32(24)14-15-11-12-30-20(13-15)31-21(34)16-3-5-17(26)6-4-16/h3-13H,14H2,1-2H3,(H,30,31,34). The summed E-state index contributed by atoms with van der Waals surface area (Å²) >= 11 is 5.58. The Morgan fingerprint density at radius 1 is 1.05 bits per heavy atom. The Hall–Kier alpha value is -3.57. The zero-order valence-electron chi connectivity index (χ0n) is 19.5. The van der Waals surface area contributed by atoms with Crippen LogP contribution in [0.1, 0.15) is 29.8 Å². The smallest absolute Gasteiger partial charge is 0.307 e. The number of carbonyl (C=O) groups excluding carboxylic acids is 3. The van der Waals surface area contributed by atoms with E-state index in [4.69, 9.17) is 11.6 Å². The average molecular weight is 549 g/mol. The lowest BCUT2D eigenvalue weighted by Gasteiger charge is -2.27. The summed E-state index contributed by atoms with van der Waals surface area (Å²) < 4.78 is 37.9. The molecular weight excluding hydrogens is 529 g/mol. The number of hydrogen-bond acceptors (Lipinski definition) is 5. The molecule has 0 saturated carbocycles. The first-order valence-electron chi connectivity index (χ1n) is 10.9. The first kappa shape index (κ1) is 26.5. The summed E-state index contributed by atoms with van der Waals surface area (Å²) in [6.07, 6.45) is 1.47. The number of halogens is 4. The van der Waals surface area contributed by atoms with Crippen molar-refractivity contribution in [2.75, 3.05) is 10.2 Å². The quantitative estimate of drug-likeness (QED) is 0.287. The molecule has 1 aromatic heterocycles. The van der Waals surface area contributed by atoms with Crippen LogP contribution in [0, 0.1) is 0 Å². The summed E-state index contributed by atoms with van der Waals surface area (Å²) in [6, 6.07) is 14.0. The number of aromatic nitrogens is 1. The van der Waals surface area contributed by atoms with Gasteiger partial charge in [0.15, 0.2) is 0 Å². The van der Waals surface area contributed by atoms with Gasteiger partial charge in [0.2, 0.25) is 0 Å².